The molecule has 1 N–H and O–H groups in total. The molecule has 12 heteroatoms. The van der Waals surface area contributed by atoms with Crippen molar-refractivity contribution < 1.29 is 23.8 Å². The molecule has 0 radical (unpaired) electrons. The Morgan fingerprint density at radius 3 is 2.26 bits per heavy atom. The molecule has 1 saturated heterocycles. The molecule has 0 saturated carbocycles. The Balaban J connectivity index is 1.58. The second kappa shape index (κ2) is 9.12. The quantitative estimate of drug-likeness (QED) is 0.540. The number of carbonyl (C=O) groups is 2. The highest BCUT2D eigenvalue weighted by Gasteiger charge is 2.36. The monoisotopic (exact) mass is 483 g/mol. The molecule has 12 nitrogen and oxygen atoms in total. The predicted octanol–water partition coefficient (Wildman–Crippen LogP) is 0.650. The average Bonchev–Trinajstić information content (AvgIpc) is 3.26. The van der Waals surface area contributed by atoms with Crippen LogP contribution in [0.25, 0.3) is 11.0 Å². The van der Waals surface area contributed by atoms with Gasteiger partial charge in [-0.3, -0.25) is 23.5 Å². The molecule has 1 aromatic carbocycles. The number of nitrogens with zero attached hydrogens (tertiary/aromatic N) is 4. The summed E-state index contributed by atoms with van der Waals surface area (Å²) in [7, 11) is 7.32. The molecule has 1 atom stereocenters. The largest absolute Gasteiger partial charge is 0.493 e. The van der Waals surface area contributed by atoms with Crippen LogP contribution in [-0.4, -0.2) is 53.8 Å². The number of methoxy groups -OCH3 is 3. The summed E-state index contributed by atoms with van der Waals surface area (Å²) in [6.07, 6.45) is 1.37. The van der Waals surface area contributed by atoms with Gasteiger partial charge in [0, 0.05) is 39.2 Å². The van der Waals surface area contributed by atoms with Crippen molar-refractivity contribution in [3.63, 3.8) is 0 Å². The maximum Gasteiger partial charge on any atom is 0.332 e. The molecule has 184 valence electrons. The van der Waals surface area contributed by atoms with E-state index in [0.717, 1.165) is 4.57 Å². The first kappa shape index (κ1) is 23.8. The van der Waals surface area contributed by atoms with Crippen LogP contribution in [0.1, 0.15) is 6.42 Å². The zero-order valence-corrected chi connectivity index (χ0v) is 19.9. The third-order valence-electron chi connectivity index (χ3n) is 6.02. The first-order chi connectivity index (χ1) is 16.7. The number of anilines is 2. The number of aryl methyl sites for hydroxylation is 1. The summed E-state index contributed by atoms with van der Waals surface area (Å²) in [5, 5.41) is 2.92. The third-order valence-corrected chi connectivity index (χ3v) is 6.02. The van der Waals surface area contributed by atoms with Gasteiger partial charge in [0.25, 0.3) is 5.56 Å². The number of nitrogens with one attached hydrogen (secondary N) is 1. The van der Waals surface area contributed by atoms with E-state index in [9.17, 15) is 19.2 Å². The minimum atomic E-state index is -0.639. The first-order valence-electron chi connectivity index (χ1n) is 10.7. The minimum Gasteiger partial charge on any atom is -0.493 e. The summed E-state index contributed by atoms with van der Waals surface area (Å²) < 4.78 is 18.3. The van der Waals surface area contributed by atoms with Gasteiger partial charge in [0.15, 0.2) is 11.5 Å². The maximum atomic E-state index is 13.0. The predicted molar refractivity (Wildman–Crippen MR) is 127 cm³/mol. The summed E-state index contributed by atoms with van der Waals surface area (Å²) in [6.45, 7) is 0.139. The zero-order valence-electron chi connectivity index (χ0n) is 19.9. The number of rotatable bonds is 6. The molecule has 35 heavy (non-hydrogen) atoms. The lowest BCUT2D eigenvalue weighted by molar-refractivity contribution is -0.122. The van der Waals surface area contributed by atoms with Gasteiger partial charge in [-0.15, -0.1) is 0 Å². The number of hydrogen-bond acceptors (Lipinski definition) is 8. The van der Waals surface area contributed by atoms with Crippen molar-refractivity contribution in [3.8, 4) is 17.2 Å². The van der Waals surface area contributed by atoms with E-state index in [2.05, 4.69) is 10.3 Å². The van der Waals surface area contributed by atoms with Crippen molar-refractivity contribution >= 4 is 34.2 Å². The van der Waals surface area contributed by atoms with Gasteiger partial charge in [-0.1, -0.05) is 0 Å². The number of hydrogen-bond donors (Lipinski definition) is 1. The molecule has 0 spiro atoms. The maximum absolute atomic E-state index is 13.0. The van der Waals surface area contributed by atoms with E-state index in [1.54, 1.807) is 12.1 Å². The van der Waals surface area contributed by atoms with Crippen molar-refractivity contribution in [2.45, 2.75) is 6.42 Å². The lowest BCUT2D eigenvalue weighted by Gasteiger charge is -2.20. The molecule has 1 aliphatic rings. The van der Waals surface area contributed by atoms with Gasteiger partial charge in [0.2, 0.25) is 17.6 Å². The van der Waals surface area contributed by atoms with Crippen LogP contribution in [0.15, 0.2) is 34.0 Å². The number of fused-ring (bicyclic) bond motifs is 1. The van der Waals surface area contributed by atoms with Crippen molar-refractivity contribution in [3.05, 3.63) is 45.2 Å². The molecule has 3 aromatic rings. The summed E-state index contributed by atoms with van der Waals surface area (Å²) in [5.41, 5.74) is -0.00584. The molecule has 0 bridgehead atoms. The van der Waals surface area contributed by atoms with E-state index in [4.69, 9.17) is 14.2 Å². The van der Waals surface area contributed by atoms with Crippen LogP contribution in [-0.2, 0) is 23.7 Å². The fraction of sp³-hybridized carbons (Fsp3) is 0.348. The Hall–Kier alpha value is -4.35. The van der Waals surface area contributed by atoms with Crippen LogP contribution < -0.4 is 35.7 Å². The second-order valence-electron chi connectivity index (χ2n) is 8.08. The smallest absolute Gasteiger partial charge is 0.332 e. The van der Waals surface area contributed by atoms with Crippen LogP contribution in [0.5, 0.6) is 17.2 Å². The van der Waals surface area contributed by atoms with Crippen LogP contribution in [0.3, 0.4) is 0 Å². The van der Waals surface area contributed by atoms with Gasteiger partial charge in [0.1, 0.15) is 5.65 Å². The molecule has 2 aromatic heterocycles. The number of ether oxygens (including phenoxy) is 3. The molecule has 4 rings (SSSR count). The average molecular weight is 483 g/mol. The molecule has 0 aliphatic carbocycles. The zero-order chi connectivity index (χ0) is 25.4. The van der Waals surface area contributed by atoms with E-state index in [-0.39, 0.29) is 35.6 Å². The standard InChI is InChI=1S/C23H25N5O7/c1-26-20-15(22(31)27(2)23(26)32)7-13(10-24-20)25-21(30)12-6-18(29)28(11-12)14-8-16(33-3)19(35-5)17(9-14)34-4/h7-10,12H,6,11H2,1-5H3,(H,25,30). The number of aromatic nitrogens is 3. The van der Waals surface area contributed by atoms with Crippen LogP contribution in [0, 0.1) is 5.92 Å². The fourth-order valence-corrected chi connectivity index (χ4v) is 4.13. The molecule has 1 aliphatic heterocycles. The number of amides is 2. The molecule has 3 heterocycles. The Kier molecular flexibility index (Phi) is 6.20. The number of carbonyl (C=O) groups excluding carboxylic acids is 2. The minimum absolute atomic E-state index is 0.000227. The normalized spacial score (nSPS) is 15.4. The SMILES string of the molecule is COc1cc(N2CC(C(=O)Nc3cnc4c(c3)c(=O)n(C)c(=O)n4C)CC2=O)cc(OC)c1OC. The second-order valence-corrected chi connectivity index (χ2v) is 8.08. The van der Waals surface area contributed by atoms with Crippen molar-refractivity contribution in [2.24, 2.45) is 20.0 Å². The van der Waals surface area contributed by atoms with Crippen molar-refractivity contribution in [1.29, 1.82) is 0 Å². The van der Waals surface area contributed by atoms with Crippen molar-refractivity contribution in [1.82, 2.24) is 14.1 Å². The summed E-state index contributed by atoms with van der Waals surface area (Å²) in [4.78, 5) is 56.0. The molecule has 1 fully saturated rings. The molecular weight excluding hydrogens is 458 g/mol. The van der Waals surface area contributed by atoms with E-state index < -0.39 is 23.1 Å². The summed E-state index contributed by atoms with van der Waals surface area (Å²) >= 11 is 0. The molecule has 1 unspecified atom stereocenters. The van der Waals surface area contributed by atoms with Gasteiger partial charge in [-0.05, 0) is 6.07 Å². The van der Waals surface area contributed by atoms with Crippen LogP contribution in [0.2, 0.25) is 0 Å². The topological polar surface area (TPSA) is 134 Å². The highest BCUT2D eigenvalue weighted by molar-refractivity contribution is 6.04. The van der Waals surface area contributed by atoms with Crippen molar-refractivity contribution in [2.75, 3.05) is 38.1 Å². The number of benzene rings is 1. The van der Waals surface area contributed by atoms with E-state index >= 15 is 0 Å². The highest BCUT2D eigenvalue weighted by Crippen LogP contribution is 2.42. The van der Waals surface area contributed by atoms with E-state index in [1.807, 2.05) is 0 Å². The highest BCUT2D eigenvalue weighted by atomic mass is 16.5. The van der Waals surface area contributed by atoms with Gasteiger partial charge in [-0.25, -0.2) is 9.78 Å². The van der Waals surface area contributed by atoms with Gasteiger partial charge in [0.05, 0.1) is 50.2 Å². The fourth-order valence-electron chi connectivity index (χ4n) is 4.13. The van der Waals surface area contributed by atoms with E-state index in [1.165, 1.54) is 57.2 Å². The number of pyridine rings is 1. The Morgan fingerprint density at radius 2 is 1.66 bits per heavy atom. The van der Waals surface area contributed by atoms with Crippen LogP contribution in [0.4, 0.5) is 11.4 Å². The summed E-state index contributed by atoms with van der Waals surface area (Å²) in [6, 6.07) is 4.76. The van der Waals surface area contributed by atoms with Gasteiger partial charge < -0.3 is 24.4 Å². The Bertz CT molecular complexity index is 1430. The lowest BCUT2D eigenvalue weighted by atomic mass is 10.1. The third kappa shape index (κ3) is 4.07. The van der Waals surface area contributed by atoms with Crippen LogP contribution >= 0.6 is 0 Å². The van der Waals surface area contributed by atoms with Gasteiger partial charge in [-0.2, -0.15) is 0 Å². The summed E-state index contributed by atoms with van der Waals surface area (Å²) in [5.74, 6) is -0.0926. The van der Waals surface area contributed by atoms with Gasteiger partial charge >= 0.3 is 5.69 Å². The molecular formula is C23H25N5O7. The van der Waals surface area contributed by atoms with E-state index in [0.29, 0.717) is 22.9 Å². The Morgan fingerprint density at radius 1 is 1.00 bits per heavy atom. The molecule has 2 amide bonds. The lowest BCUT2D eigenvalue weighted by Crippen LogP contribution is -2.37. The Labute approximate surface area is 199 Å². The first-order valence-corrected chi connectivity index (χ1v) is 10.7.